The van der Waals surface area contributed by atoms with Gasteiger partial charge in [0, 0.05) is 12.6 Å². The van der Waals surface area contributed by atoms with Gasteiger partial charge in [-0.2, -0.15) is 0 Å². The van der Waals surface area contributed by atoms with Crippen LogP contribution in [-0.2, 0) is 9.53 Å². The normalized spacial score (nSPS) is 21.6. The number of esters is 1. The second-order valence-corrected chi connectivity index (χ2v) is 5.08. The maximum atomic E-state index is 12.0. The quantitative estimate of drug-likeness (QED) is 0.617. The Hall–Kier alpha value is -1.61. The highest BCUT2D eigenvalue weighted by Crippen LogP contribution is 2.28. The van der Waals surface area contributed by atoms with Crippen LogP contribution in [0.5, 0.6) is 0 Å². The molecule has 1 aromatic rings. The van der Waals surface area contributed by atoms with E-state index in [4.69, 9.17) is 4.74 Å². The summed E-state index contributed by atoms with van der Waals surface area (Å²) in [5.74, 6) is -0.143. The minimum absolute atomic E-state index is 0.143. The molecule has 2 unspecified atom stereocenters. The van der Waals surface area contributed by atoms with Gasteiger partial charge in [0.15, 0.2) is 0 Å². The van der Waals surface area contributed by atoms with Crippen LogP contribution in [0.3, 0.4) is 0 Å². The Labute approximate surface area is 114 Å². The van der Waals surface area contributed by atoms with Crippen molar-refractivity contribution in [2.24, 2.45) is 0 Å². The Bertz CT molecular complexity index is 467. The van der Waals surface area contributed by atoms with E-state index in [1.807, 2.05) is 18.2 Å². The molecule has 0 radical (unpaired) electrons. The first-order chi connectivity index (χ1) is 9.13. The van der Waals surface area contributed by atoms with Gasteiger partial charge in [-0.1, -0.05) is 42.0 Å². The second-order valence-electron chi connectivity index (χ2n) is 5.08. The summed E-state index contributed by atoms with van der Waals surface area (Å²) in [5, 5.41) is 0. The fourth-order valence-corrected chi connectivity index (χ4v) is 2.60. The maximum absolute atomic E-state index is 12.0. The van der Waals surface area contributed by atoms with Crippen LogP contribution in [0.4, 0.5) is 0 Å². The standard InChI is InChI=1S/C16H21NO2/c1-12-9-10-17(15(11-12)16(18)19-3)13(2)14-7-5-4-6-8-14/h4-9,13,15H,10-11H2,1-3H3. The molecule has 1 aromatic carbocycles. The molecule has 0 aromatic heterocycles. The Balaban J connectivity index is 2.23. The minimum atomic E-state index is -0.176. The van der Waals surface area contributed by atoms with Gasteiger partial charge in [-0.05, 0) is 25.8 Å². The summed E-state index contributed by atoms with van der Waals surface area (Å²) < 4.78 is 4.95. The Morgan fingerprint density at radius 3 is 2.68 bits per heavy atom. The number of ether oxygens (including phenoxy) is 1. The number of methoxy groups -OCH3 is 1. The van der Waals surface area contributed by atoms with Crippen molar-refractivity contribution in [2.45, 2.75) is 32.4 Å². The molecule has 19 heavy (non-hydrogen) atoms. The molecule has 3 heteroatoms. The molecule has 0 N–H and O–H groups in total. The molecular weight excluding hydrogens is 238 g/mol. The molecule has 1 aliphatic rings. The van der Waals surface area contributed by atoms with Crippen LogP contribution in [0.25, 0.3) is 0 Å². The van der Waals surface area contributed by atoms with Crippen LogP contribution in [-0.4, -0.2) is 30.6 Å². The van der Waals surface area contributed by atoms with Crippen molar-refractivity contribution in [3.8, 4) is 0 Å². The summed E-state index contributed by atoms with van der Waals surface area (Å²) in [4.78, 5) is 14.2. The van der Waals surface area contributed by atoms with Crippen molar-refractivity contribution in [1.29, 1.82) is 0 Å². The first-order valence-corrected chi connectivity index (χ1v) is 6.67. The average Bonchev–Trinajstić information content (AvgIpc) is 2.46. The molecule has 2 atom stereocenters. The maximum Gasteiger partial charge on any atom is 0.323 e. The van der Waals surface area contributed by atoms with Crippen LogP contribution < -0.4 is 0 Å². The fourth-order valence-electron chi connectivity index (χ4n) is 2.60. The average molecular weight is 259 g/mol. The number of carbonyl (C=O) groups excluding carboxylic acids is 1. The van der Waals surface area contributed by atoms with E-state index in [-0.39, 0.29) is 18.1 Å². The molecule has 2 rings (SSSR count). The lowest BCUT2D eigenvalue weighted by Gasteiger charge is -2.37. The monoisotopic (exact) mass is 259 g/mol. The van der Waals surface area contributed by atoms with Crippen molar-refractivity contribution >= 4 is 5.97 Å². The Morgan fingerprint density at radius 1 is 1.37 bits per heavy atom. The highest BCUT2D eigenvalue weighted by atomic mass is 16.5. The first kappa shape index (κ1) is 13.8. The van der Waals surface area contributed by atoms with Crippen molar-refractivity contribution in [3.05, 3.63) is 47.5 Å². The zero-order valence-electron chi connectivity index (χ0n) is 11.8. The number of hydrogen-bond acceptors (Lipinski definition) is 3. The number of carbonyl (C=O) groups is 1. The summed E-state index contributed by atoms with van der Waals surface area (Å²) in [6.07, 6.45) is 2.95. The minimum Gasteiger partial charge on any atom is -0.468 e. The van der Waals surface area contributed by atoms with E-state index in [0.29, 0.717) is 0 Å². The van der Waals surface area contributed by atoms with Gasteiger partial charge in [0.2, 0.25) is 0 Å². The smallest absolute Gasteiger partial charge is 0.323 e. The van der Waals surface area contributed by atoms with E-state index < -0.39 is 0 Å². The molecule has 0 bridgehead atoms. The molecular formula is C16H21NO2. The summed E-state index contributed by atoms with van der Waals surface area (Å²) >= 11 is 0. The van der Waals surface area contributed by atoms with Crippen molar-refractivity contribution in [1.82, 2.24) is 4.90 Å². The first-order valence-electron chi connectivity index (χ1n) is 6.67. The fraction of sp³-hybridized carbons (Fsp3) is 0.438. The second kappa shape index (κ2) is 6.02. The van der Waals surface area contributed by atoms with Gasteiger partial charge in [0.05, 0.1) is 7.11 Å². The molecule has 3 nitrogen and oxygen atoms in total. The third-order valence-corrected chi connectivity index (χ3v) is 3.82. The number of benzene rings is 1. The van der Waals surface area contributed by atoms with Crippen LogP contribution in [0.1, 0.15) is 31.9 Å². The predicted molar refractivity (Wildman–Crippen MR) is 75.7 cm³/mol. The van der Waals surface area contributed by atoms with Gasteiger partial charge in [-0.15, -0.1) is 0 Å². The molecule has 0 aliphatic carbocycles. The third-order valence-electron chi connectivity index (χ3n) is 3.82. The van der Waals surface area contributed by atoms with Crippen molar-refractivity contribution in [3.63, 3.8) is 0 Å². The predicted octanol–water partition coefficient (Wildman–Crippen LogP) is 2.94. The van der Waals surface area contributed by atoms with Gasteiger partial charge < -0.3 is 4.74 Å². The van der Waals surface area contributed by atoms with Crippen LogP contribution in [0, 0.1) is 0 Å². The summed E-state index contributed by atoms with van der Waals surface area (Å²) in [5.41, 5.74) is 2.48. The largest absolute Gasteiger partial charge is 0.468 e. The zero-order valence-corrected chi connectivity index (χ0v) is 11.8. The highest BCUT2D eigenvalue weighted by Gasteiger charge is 2.32. The Morgan fingerprint density at radius 2 is 2.05 bits per heavy atom. The van der Waals surface area contributed by atoms with Crippen LogP contribution in [0.15, 0.2) is 42.0 Å². The number of hydrogen-bond donors (Lipinski definition) is 0. The SMILES string of the molecule is COC(=O)C1CC(C)=CCN1C(C)c1ccccc1. The lowest BCUT2D eigenvalue weighted by atomic mass is 9.97. The van der Waals surface area contributed by atoms with Gasteiger partial charge in [0.25, 0.3) is 0 Å². The molecule has 1 heterocycles. The lowest BCUT2D eigenvalue weighted by molar-refractivity contribution is -0.148. The molecule has 0 spiro atoms. The van der Waals surface area contributed by atoms with Gasteiger partial charge in [0.1, 0.15) is 6.04 Å². The third kappa shape index (κ3) is 3.04. The van der Waals surface area contributed by atoms with Gasteiger partial charge in [-0.3, -0.25) is 9.69 Å². The molecule has 0 fully saturated rings. The summed E-state index contributed by atoms with van der Waals surface area (Å²) in [7, 11) is 1.46. The lowest BCUT2D eigenvalue weighted by Crippen LogP contribution is -2.45. The van der Waals surface area contributed by atoms with Crippen LogP contribution in [0.2, 0.25) is 0 Å². The number of rotatable bonds is 3. The molecule has 0 saturated carbocycles. The highest BCUT2D eigenvalue weighted by molar-refractivity contribution is 5.76. The van der Waals surface area contributed by atoms with E-state index >= 15 is 0 Å². The van der Waals surface area contributed by atoms with Gasteiger partial charge in [-0.25, -0.2) is 0 Å². The van der Waals surface area contributed by atoms with Crippen molar-refractivity contribution < 1.29 is 9.53 Å². The van der Waals surface area contributed by atoms with Crippen LogP contribution >= 0.6 is 0 Å². The van der Waals surface area contributed by atoms with E-state index in [0.717, 1.165) is 13.0 Å². The summed E-state index contributed by atoms with van der Waals surface area (Å²) in [6, 6.07) is 10.3. The topological polar surface area (TPSA) is 29.5 Å². The molecule has 1 aliphatic heterocycles. The zero-order chi connectivity index (χ0) is 13.8. The van der Waals surface area contributed by atoms with Crippen molar-refractivity contribution in [2.75, 3.05) is 13.7 Å². The number of nitrogens with zero attached hydrogens (tertiary/aromatic N) is 1. The van der Waals surface area contributed by atoms with E-state index in [1.165, 1.54) is 18.2 Å². The molecule has 0 saturated heterocycles. The molecule has 0 amide bonds. The van der Waals surface area contributed by atoms with E-state index in [1.54, 1.807) is 0 Å². The van der Waals surface area contributed by atoms with E-state index in [2.05, 4.69) is 37.0 Å². The van der Waals surface area contributed by atoms with E-state index in [9.17, 15) is 4.79 Å². The van der Waals surface area contributed by atoms with Gasteiger partial charge >= 0.3 is 5.97 Å². The summed E-state index contributed by atoms with van der Waals surface area (Å²) in [6.45, 7) is 5.00. The Kier molecular flexibility index (Phi) is 4.38. The molecule has 102 valence electrons.